The molecule has 3 rings (SSSR count). The molecular formula is C16H24N4. The number of rotatable bonds is 2. The SMILES string of the molecule is Cc1cc(N2CCC3CCCCC32)c(C(=N)N)c(C)n1. The Hall–Kier alpha value is -1.58. The van der Waals surface area contributed by atoms with E-state index < -0.39 is 0 Å². The van der Waals surface area contributed by atoms with E-state index in [1.54, 1.807) is 0 Å². The van der Waals surface area contributed by atoms with Gasteiger partial charge in [0.2, 0.25) is 0 Å². The quantitative estimate of drug-likeness (QED) is 0.642. The molecule has 1 aliphatic heterocycles. The number of amidine groups is 1. The maximum Gasteiger partial charge on any atom is 0.126 e. The lowest BCUT2D eigenvalue weighted by atomic mass is 9.85. The largest absolute Gasteiger partial charge is 0.384 e. The van der Waals surface area contributed by atoms with Crippen molar-refractivity contribution in [3.63, 3.8) is 0 Å². The predicted octanol–water partition coefficient (Wildman–Crippen LogP) is 2.75. The molecule has 0 radical (unpaired) electrons. The zero-order valence-electron chi connectivity index (χ0n) is 12.4. The van der Waals surface area contributed by atoms with Crippen LogP contribution in [0.2, 0.25) is 0 Å². The summed E-state index contributed by atoms with van der Waals surface area (Å²) >= 11 is 0. The summed E-state index contributed by atoms with van der Waals surface area (Å²) in [5.41, 5.74) is 9.69. The maximum absolute atomic E-state index is 7.89. The van der Waals surface area contributed by atoms with E-state index in [2.05, 4.69) is 16.0 Å². The molecule has 0 bridgehead atoms. The summed E-state index contributed by atoms with van der Waals surface area (Å²) in [6, 6.07) is 2.75. The topological polar surface area (TPSA) is 66.0 Å². The van der Waals surface area contributed by atoms with Crippen LogP contribution < -0.4 is 10.6 Å². The number of nitrogens with two attached hydrogens (primary N) is 1. The van der Waals surface area contributed by atoms with Crippen molar-refractivity contribution in [2.45, 2.75) is 52.0 Å². The van der Waals surface area contributed by atoms with E-state index in [9.17, 15) is 0 Å². The minimum atomic E-state index is 0.143. The molecule has 1 aromatic rings. The average Bonchev–Trinajstić information content (AvgIpc) is 2.80. The summed E-state index contributed by atoms with van der Waals surface area (Å²) in [5, 5.41) is 7.89. The van der Waals surface area contributed by atoms with Crippen LogP contribution >= 0.6 is 0 Å². The van der Waals surface area contributed by atoms with Gasteiger partial charge in [-0.15, -0.1) is 0 Å². The number of aryl methyl sites for hydroxylation is 2. The monoisotopic (exact) mass is 272 g/mol. The summed E-state index contributed by atoms with van der Waals surface area (Å²) < 4.78 is 0. The van der Waals surface area contributed by atoms with Crippen LogP contribution in [0.5, 0.6) is 0 Å². The normalized spacial score (nSPS) is 25.6. The van der Waals surface area contributed by atoms with Gasteiger partial charge in [-0.05, 0) is 45.1 Å². The van der Waals surface area contributed by atoms with E-state index in [-0.39, 0.29) is 5.84 Å². The number of hydrogen-bond acceptors (Lipinski definition) is 3. The second kappa shape index (κ2) is 5.08. The maximum atomic E-state index is 7.89. The Balaban J connectivity index is 2.03. The molecule has 20 heavy (non-hydrogen) atoms. The minimum Gasteiger partial charge on any atom is -0.384 e. The Bertz CT molecular complexity index is 538. The summed E-state index contributed by atoms with van der Waals surface area (Å²) in [5.74, 6) is 0.974. The van der Waals surface area contributed by atoms with Crippen LogP contribution in [0.15, 0.2) is 6.07 Å². The van der Waals surface area contributed by atoms with Crippen LogP contribution in [0.3, 0.4) is 0 Å². The van der Waals surface area contributed by atoms with Gasteiger partial charge in [0, 0.05) is 18.3 Å². The molecule has 0 aromatic carbocycles. The van der Waals surface area contributed by atoms with Gasteiger partial charge in [0.15, 0.2) is 0 Å². The van der Waals surface area contributed by atoms with Crippen LogP contribution in [-0.2, 0) is 0 Å². The van der Waals surface area contributed by atoms with Gasteiger partial charge in [0.05, 0.1) is 16.9 Å². The van der Waals surface area contributed by atoms with Gasteiger partial charge in [-0.3, -0.25) is 10.4 Å². The van der Waals surface area contributed by atoms with Gasteiger partial charge in [0.25, 0.3) is 0 Å². The van der Waals surface area contributed by atoms with Crippen molar-refractivity contribution in [2.75, 3.05) is 11.4 Å². The molecule has 2 heterocycles. The molecule has 1 saturated heterocycles. The zero-order valence-corrected chi connectivity index (χ0v) is 12.4. The third-order valence-corrected chi connectivity index (χ3v) is 4.90. The highest BCUT2D eigenvalue weighted by molar-refractivity contribution is 6.01. The number of nitrogen functional groups attached to an aromatic ring is 1. The van der Waals surface area contributed by atoms with E-state index >= 15 is 0 Å². The third-order valence-electron chi connectivity index (χ3n) is 4.90. The Kier molecular flexibility index (Phi) is 3.40. The first kappa shape index (κ1) is 13.4. The molecular weight excluding hydrogens is 248 g/mol. The van der Waals surface area contributed by atoms with Crippen molar-refractivity contribution in [3.8, 4) is 0 Å². The first-order valence-electron chi connectivity index (χ1n) is 7.67. The predicted molar refractivity (Wildman–Crippen MR) is 82.4 cm³/mol. The Morgan fingerprint density at radius 1 is 1.30 bits per heavy atom. The fraction of sp³-hybridized carbons (Fsp3) is 0.625. The summed E-state index contributed by atoms with van der Waals surface area (Å²) in [4.78, 5) is 6.99. The number of anilines is 1. The highest BCUT2D eigenvalue weighted by atomic mass is 15.2. The molecule has 1 aliphatic carbocycles. The molecule has 108 valence electrons. The molecule has 4 nitrogen and oxygen atoms in total. The lowest BCUT2D eigenvalue weighted by molar-refractivity contribution is 0.342. The van der Waals surface area contributed by atoms with Gasteiger partial charge in [-0.2, -0.15) is 0 Å². The summed E-state index contributed by atoms with van der Waals surface area (Å²) in [7, 11) is 0. The lowest BCUT2D eigenvalue weighted by Crippen LogP contribution is -2.36. The number of hydrogen-bond donors (Lipinski definition) is 2. The number of nitrogens with one attached hydrogen (secondary N) is 1. The number of aromatic nitrogens is 1. The van der Waals surface area contributed by atoms with Crippen molar-refractivity contribution in [1.82, 2.24) is 4.98 Å². The van der Waals surface area contributed by atoms with E-state index in [1.807, 2.05) is 13.8 Å². The number of fused-ring (bicyclic) bond motifs is 1. The molecule has 2 unspecified atom stereocenters. The van der Waals surface area contributed by atoms with Crippen molar-refractivity contribution in [2.24, 2.45) is 11.7 Å². The van der Waals surface area contributed by atoms with Crippen molar-refractivity contribution < 1.29 is 0 Å². The fourth-order valence-corrected chi connectivity index (χ4v) is 4.07. The number of pyridine rings is 1. The zero-order chi connectivity index (χ0) is 14.3. The molecule has 4 heteroatoms. The molecule has 3 N–H and O–H groups in total. The fourth-order valence-electron chi connectivity index (χ4n) is 4.07. The van der Waals surface area contributed by atoms with Crippen LogP contribution in [0.25, 0.3) is 0 Å². The lowest BCUT2D eigenvalue weighted by Gasteiger charge is -2.34. The standard InChI is InChI=1S/C16H24N4/c1-10-9-14(15(16(17)18)11(2)19-10)20-8-7-12-5-3-4-6-13(12)20/h9,12-13H,3-8H2,1-2H3,(H3,17,18). The van der Waals surface area contributed by atoms with Crippen molar-refractivity contribution in [3.05, 3.63) is 23.0 Å². The minimum absolute atomic E-state index is 0.143. The van der Waals surface area contributed by atoms with Gasteiger partial charge in [-0.1, -0.05) is 12.8 Å². The molecule has 0 spiro atoms. The summed E-state index contributed by atoms with van der Waals surface area (Å²) in [6.45, 7) is 5.08. The van der Waals surface area contributed by atoms with Crippen LogP contribution in [0, 0.1) is 25.2 Å². The summed E-state index contributed by atoms with van der Waals surface area (Å²) in [6.07, 6.45) is 6.63. The number of nitrogens with zero attached hydrogens (tertiary/aromatic N) is 2. The Morgan fingerprint density at radius 3 is 2.80 bits per heavy atom. The van der Waals surface area contributed by atoms with E-state index in [4.69, 9.17) is 11.1 Å². The van der Waals surface area contributed by atoms with Gasteiger partial charge >= 0.3 is 0 Å². The van der Waals surface area contributed by atoms with Crippen LogP contribution in [-0.4, -0.2) is 23.4 Å². The Morgan fingerprint density at radius 2 is 2.05 bits per heavy atom. The smallest absolute Gasteiger partial charge is 0.126 e. The van der Waals surface area contributed by atoms with E-state index in [1.165, 1.54) is 32.1 Å². The van der Waals surface area contributed by atoms with Crippen molar-refractivity contribution >= 4 is 11.5 Å². The highest BCUT2D eigenvalue weighted by Crippen LogP contribution is 2.40. The molecule has 2 aliphatic rings. The van der Waals surface area contributed by atoms with E-state index in [0.717, 1.165) is 35.1 Å². The second-order valence-electron chi connectivity index (χ2n) is 6.25. The highest BCUT2D eigenvalue weighted by Gasteiger charge is 2.37. The van der Waals surface area contributed by atoms with E-state index in [0.29, 0.717) is 6.04 Å². The van der Waals surface area contributed by atoms with Crippen molar-refractivity contribution in [1.29, 1.82) is 5.41 Å². The Labute approximate surface area is 120 Å². The van der Waals surface area contributed by atoms with Crippen LogP contribution in [0.4, 0.5) is 5.69 Å². The van der Waals surface area contributed by atoms with Gasteiger partial charge in [-0.25, -0.2) is 0 Å². The first-order chi connectivity index (χ1) is 9.58. The molecule has 1 aromatic heterocycles. The molecule has 2 atom stereocenters. The van der Waals surface area contributed by atoms with Crippen LogP contribution in [0.1, 0.15) is 49.1 Å². The molecule has 1 saturated carbocycles. The van der Waals surface area contributed by atoms with Gasteiger partial charge < -0.3 is 10.6 Å². The molecule has 0 amide bonds. The second-order valence-corrected chi connectivity index (χ2v) is 6.25. The first-order valence-corrected chi connectivity index (χ1v) is 7.67. The van der Waals surface area contributed by atoms with Gasteiger partial charge in [0.1, 0.15) is 5.84 Å². The molecule has 2 fully saturated rings. The average molecular weight is 272 g/mol. The third kappa shape index (κ3) is 2.17.